The first-order valence-corrected chi connectivity index (χ1v) is 11.5. The van der Waals surface area contributed by atoms with Gasteiger partial charge in [-0.15, -0.1) is 0 Å². The van der Waals surface area contributed by atoms with E-state index < -0.39 is 15.9 Å². The van der Waals surface area contributed by atoms with Gasteiger partial charge >= 0.3 is 0 Å². The molecule has 0 saturated heterocycles. The molecule has 2 N–H and O–H groups in total. The molecule has 0 radical (unpaired) electrons. The molecule has 164 valence electrons. The van der Waals surface area contributed by atoms with Crippen molar-refractivity contribution in [1.29, 1.82) is 0 Å². The van der Waals surface area contributed by atoms with Crippen LogP contribution in [0.2, 0.25) is 0 Å². The molecule has 2 aromatic heterocycles. The Morgan fingerprint density at radius 1 is 1.00 bits per heavy atom. The maximum absolute atomic E-state index is 13.4. The van der Waals surface area contributed by atoms with Gasteiger partial charge in [0.1, 0.15) is 0 Å². The molecule has 32 heavy (non-hydrogen) atoms. The van der Waals surface area contributed by atoms with Crippen molar-refractivity contribution in [2.45, 2.75) is 32.2 Å². The van der Waals surface area contributed by atoms with E-state index in [1.54, 1.807) is 56.3 Å². The van der Waals surface area contributed by atoms with Crippen LogP contribution in [0.15, 0.2) is 70.4 Å². The Labute approximate surface area is 185 Å². The average molecular weight is 450 g/mol. The SMILES string of the molecule is Cc1cc(C)c(CNC(=O)c2c(C)n(S(=O)(=O)c3ccccc3)c3ccccc23)c(=O)[nH]1. The van der Waals surface area contributed by atoms with Crippen LogP contribution in [-0.2, 0) is 16.6 Å². The van der Waals surface area contributed by atoms with Gasteiger partial charge in [-0.3, -0.25) is 9.59 Å². The number of hydrogen-bond acceptors (Lipinski definition) is 4. The summed E-state index contributed by atoms with van der Waals surface area (Å²) in [5.74, 6) is -0.444. The molecule has 0 aliphatic carbocycles. The number of carbonyl (C=O) groups excluding carboxylic acids is 1. The van der Waals surface area contributed by atoms with Gasteiger partial charge in [0.2, 0.25) is 0 Å². The Kier molecular flexibility index (Phi) is 5.48. The first-order valence-electron chi connectivity index (χ1n) is 10.1. The minimum Gasteiger partial charge on any atom is -0.348 e. The van der Waals surface area contributed by atoms with Crippen molar-refractivity contribution in [3.05, 3.63) is 99.1 Å². The van der Waals surface area contributed by atoms with Crippen LogP contribution in [-0.4, -0.2) is 23.3 Å². The molecule has 0 bridgehead atoms. The molecule has 0 saturated carbocycles. The third-order valence-corrected chi connectivity index (χ3v) is 7.31. The van der Waals surface area contributed by atoms with Crippen molar-refractivity contribution in [3.63, 3.8) is 0 Å². The number of carbonyl (C=O) groups is 1. The Bertz CT molecular complexity index is 1500. The van der Waals surface area contributed by atoms with Crippen molar-refractivity contribution in [3.8, 4) is 0 Å². The third kappa shape index (κ3) is 3.62. The van der Waals surface area contributed by atoms with Gasteiger partial charge in [0.15, 0.2) is 0 Å². The molecular weight excluding hydrogens is 426 g/mol. The summed E-state index contributed by atoms with van der Waals surface area (Å²) in [5.41, 5.74) is 2.72. The number of fused-ring (bicyclic) bond motifs is 1. The van der Waals surface area contributed by atoms with E-state index in [4.69, 9.17) is 0 Å². The van der Waals surface area contributed by atoms with E-state index in [9.17, 15) is 18.0 Å². The summed E-state index contributed by atoms with van der Waals surface area (Å²) in [6.45, 7) is 5.25. The Hall–Kier alpha value is -3.65. The van der Waals surface area contributed by atoms with E-state index in [1.165, 1.54) is 16.1 Å². The Balaban J connectivity index is 1.79. The first kappa shape index (κ1) is 21.6. The number of rotatable bonds is 5. The number of nitrogens with zero attached hydrogens (tertiary/aromatic N) is 1. The zero-order chi connectivity index (χ0) is 23.0. The van der Waals surface area contributed by atoms with Crippen molar-refractivity contribution < 1.29 is 13.2 Å². The van der Waals surface area contributed by atoms with Gasteiger partial charge in [0.25, 0.3) is 21.5 Å². The summed E-state index contributed by atoms with van der Waals surface area (Å²) in [6, 6.07) is 16.8. The molecule has 4 rings (SSSR count). The number of para-hydroxylation sites is 1. The summed E-state index contributed by atoms with van der Waals surface area (Å²) >= 11 is 0. The van der Waals surface area contributed by atoms with Gasteiger partial charge < -0.3 is 10.3 Å². The molecule has 0 aliphatic rings. The van der Waals surface area contributed by atoms with Crippen LogP contribution < -0.4 is 10.9 Å². The highest BCUT2D eigenvalue weighted by Gasteiger charge is 2.27. The highest BCUT2D eigenvalue weighted by atomic mass is 32.2. The lowest BCUT2D eigenvalue weighted by molar-refractivity contribution is 0.0952. The van der Waals surface area contributed by atoms with Crippen molar-refractivity contribution in [1.82, 2.24) is 14.3 Å². The molecule has 4 aromatic rings. The minimum atomic E-state index is -3.91. The van der Waals surface area contributed by atoms with Crippen LogP contribution in [0.3, 0.4) is 0 Å². The van der Waals surface area contributed by atoms with Crippen molar-refractivity contribution >= 4 is 26.8 Å². The van der Waals surface area contributed by atoms with Gasteiger partial charge in [0, 0.05) is 28.9 Å². The second kappa shape index (κ2) is 8.12. The van der Waals surface area contributed by atoms with Crippen LogP contribution in [0.25, 0.3) is 10.9 Å². The molecule has 0 unspecified atom stereocenters. The second-order valence-corrected chi connectivity index (χ2v) is 9.47. The fraction of sp³-hybridized carbons (Fsp3) is 0.167. The quantitative estimate of drug-likeness (QED) is 0.487. The lowest BCUT2D eigenvalue weighted by Gasteiger charge is -2.11. The number of amides is 1. The monoisotopic (exact) mass is 449 g/mol. The largest absolute Gasteiger partial charge is 0.348 e. The normalized spacial score (nSPS) is 11.6. The van der Waals surface area contributed by atoms with Crippen LogP contribution >= 0.6 is 0 Å². The fourth-order valence-corrected chi connectivity index (χ4v) is 5.57. The smallest absolute Gasteiger partial charge is 0.268 e. The van der Waals surface area contributed by atoms with Crippen molar-refractivity contribution in [2.24, 2.45) is 0 Å². The van der Waals surface area contributed by atoms with E-state index in [2.05, 4.69) is 10.3 Å². The number of pyridine rings is 1. The van der Waals surface area contributed by atoms with Crippen LogP contribution in [0.4, 0.5) is 0 Å². The minimum absolute atomic E-state index is 0.0324. The second-order valence-electron chi connectivity index (χ2n) is 7.69. The van der Waals surface area contributed by atoms with E-state index >= 15 is 0 Å². The number of hydrogen-bond donors (Lipinski definition) is 2. The van der Waals surface area contributed by atoms with Crippen LogP contribution in [0.5, 0.6) is 0 Å². The summed E-state index contributed by atoms with van der Waals surface area (Å²) in [6.07, 6.45) is 0. The van der Waals surface area contributed by atoms with Gasteiger partial charge in [-0.1, -0.05) is 36.4 Å². The summed E-state index contributed by atoms with van der Waals surface area (Å²) in [7, 11) is -3.91. The van der Waals surface area contributed by atoms with Gasteiger partial charge in [-0.2, -0.15) is 0 Å². The molecule has 0 spiro atoms. The van der Waals surface area contributed by atoms with E-state index in [0.717, 1.165) is 11.3 Å². The lowest BCUT2D eigenvalue weighted by Crippen LogP contribution is -2.28. The van der Waals surface area contributed by atoms with E-state index in [1.807, 2.05) is 13.0 Å². The maximum atomic E-state index is 13.4. The third-order valence-electron chi connectivity index (χ3n) is 5.49. The molecule has 1 amide bonds. The number of benzene rings is 2. The molecule has 0 aliphatic heterocycles. The molecule has 8 heteroatoms. The molecule has 7 nitrogen and oxygen atoms in total. The summed E-state index contributed by atoms with van der Waals surface area (Å²) < 4.78 is 28.0. The molecule has 2 aromatic carbocycles. The van der Waals surface area contributed by atoms with Crippen LogP contribution in [0, 0.1) is 20.8 Å². The predicted molar refractivity (Wildman–Crippen MR) is 123 cm³/mol. The first-order chi connectivity index (χ1) is 15.2. The fourth-order valence-electron chi connectivity index (χ4n) is 3.99. The average Bonchev–Trinajstić information content (AvgIpc) is 3.06. The zero-order valence-electron chi connectivity index (χ0n) is 18.0. The van der Waals surface area contributed by atoms with Crippen molar-refractivity contribution in [2.75, 3.05) is 0 Å². The summed E-state index contributed by atoms with van der Waals surface area (Å²) in [5, 5.41) is 3.31. The lowest BCUT2D eigenvalue weighted by atomic mass is 10.1. The van der Waals surface area contributed by atoms with Gasteiger partial charge in [0.05, 0.1) is 16.0 Å². The number of nitrogens with one attached hydrogen (secondary N) is 2. The number of aromatic amines is 1. The Morgan fingerprint density at radius 3 is 2.34 bits per heavy atom. The molecule has 0 atom stereocenters. The highest BCUT2D eigenvalue weighted by molar-refractivity contribution is 7.90. The molecule has 2 heterocycles. The number of H-pyrrole nitrogens is 1. The van der Waals surface area contributed by atoms with E-state index in [-0.39, 0.29) is 22.6 Å². The van der Waals surface area contributed by atoms with Gasteiger partial charge in [-0.05, 0) is 50.6 Å². The number of aryl methyl sites for hydroxylation is 2. The van der Waals surface area contributed by atoms with Gasteiger partial charge in [-0.25, -0.2) is 12.4 Å². The van der Waals surface area contributed by atoms with Crippen LogP contribution in [0.1, 0.15) is 32.9 Å². The zero-order valence-corrected chi connectivity index (χ0v) is 18.8. The predicted octanol–water partition coefficient (Wildman–Crippen LogP) is 3.42. The maximum Gasteiger partial charge on any atom is 0.268 e. The highest BCUT2D eigenvalue weighted by Crippen LogP contribution is 2.30. The Morgan fingerprint density at radius 2 is 1.66 bits per heavy atom. The summed E-state index contributed by atoms with van der Waals surface area (Å²) in [4.78, 5) is 28.4. The topological polar surface area (TPSA) is 101 Å². The number of aromatic nitrogens is 2. The molecule has 0 fully saturated rings. The molecular formula is C24H23N3O4S. The standard InChI is InChI=1S/C24H23N3O4S/c1-15-13-16(2)26-23(28)20(15)14-25-24(29)22-17(3)27(21-12-8-7-11-19(21)22)32(30,31)18-9-5-4-6-10-18/h4-13H,14H2,1-3H3,(H,25,29)(H,26,28). The van der Waals surface area contributed by atoms with E-state index in [0.29, 0.717) is 22.2 Å².